The second kappa shape index (κ2) is 6.02. The van der Waals surface area contributed by atoms with Crippen LogP contribution in [0, 0.1) is 6.92 Å². The van der Waals surface area contributed by atoms with Crippen LogP contribution in [-0.4, -0.2) is 14.6 Å². The Bertz CT molecular complexity index is 578. The Balaban J connectivity index is 1.99. The molecule has 0 unspecified atom stereocenters. The Morgan fingerprint density at radius 2 is 1.79 bits per heavy atom. The lowest BCUT2D eigenvalue weighted by molar-refractivity contribution is 0.584. The van der Waals surface area contributed by atoms with Crippen molar-refractivity contribution < 1.29 is 8.42 Å². The van der Waals surface area contributed by atoms with Gasteiger partial charge in [0, 0.05) is 6.21 Å². The highest BCUT2D eigenvalue weighted by molar-refractivity contribution is 7.89. The van der Waals surface area contributed by atoms with Gasteiger partial charge in [0.05, 0.1) is 4.90 Å². The first-order chi connectivity index (χ1) is 9.08. The number of nitrogens with one attached hydrogen (secondary N) is 1. The molecule has 102 valence electrons. The summed E-state index contributed by atoms with van der Waals surface area (Å²) < 4.78 is 23.8. The molecule has 0 bridgehead atoms. The molecule has 4 nitrogen and oxygen atoms in total. The lowest BCUT2D eigenvalue weighted by Crippen LogP contribution is -2.18. The number of hydrogen-bond acceptors (Lipinski definition) is 3. The molecule has 0 spiro atoms. The fourth-order valence-corrected chi connectivity index (χ4v) is 2.81. The molecule has 1 aromatic rings. The van der Waals surface area contributed by atoms with Crippen molar-refractivity contribution in [2.24, 2.45) is 5.10 Å². The van der Waals surface area contributed by atoms with E-state index in [1.165, 1.54) is 24.6 Å². The number of benzene rings is 1. The Hall–Kier alpha value is -1.62. The van der Waals surface area contributed by atoms with Gasteiger partial charge in [0.1, 0.15) is 0 Å². The maximum atomic E-state index is 11.9. The Kier molecular flexibility index (Phi) is 4.37. The topological polar surface area (TPSA) is 58.5 Å². The van der Waals surface area contributed by atoms with E-state index in [1.54, 1.807) is 24.3 Å². The summed E-state index contributed by atoms with van der Waals surface area (Å²) in [6, 6.07) is 6.67. The van der Waals surface area contributed by atoms with Gasteiger partial charge in [0.15, 0.2) is 0 Å². The summed E-state index contributed by atoms with van der Waals surface area (Å²) in [5, 5.41) is 3.77. The standard InChI is InChI=1S/C14H18N2O2S/c1-12-6-8-14(9-7-12)19(17,18)16-15-11-10-13-4-2-3-5-13/h6-11,16H,2-5H2,1H3/b15-11+. The Labute approximate surface area is 114 Å². The summed E-state index contributed by atoms with van der Waals surface area (Å²) in [6.07, 6.45) is 8.04. The zero-order valence-electron chi connectivity index (χ0n) is 11.0. The van der Waals surface area contributed by atoms with Crippen LogP contribution in [0.25, 0.3) is 0 Å². The van der Waals surface area contributed by atoms with Gasteiger partial charge in [-0.3, -0.25) is 0 Å². The van der Waals surface area contributed by atoms with Crippen LogP contribution < -0.4 is 4.83 Å². The number of rotatable bonds is 4. The molecule has 0 atom stereocenters. The lowest BCUT2D eigenvalue weighted by Gasteiger charge is -2.02. The third-order valence-corrected chi connectivity index (χ3v) is 4.37. The van der Waals surface area contributed by atoms with Crippen molar-refractivity contribution in [2.75, 3.05) is 0 Å². The number of aryl methyl sites for hydroxylation is 1. The Morgan fingerprint density at radius 3 is 2.42 bits per heavy atom. The minimum Gasteiger partial charge on any atom is -0.200 e. The zero-order valence-corrected chi connectivity index (χ0v) is 11.8. The molecule has 0 heterocycles. The molecule has 5 heteroatoms. The number of nitrogens with zero attached hydrogens (tertiary/aromatic N) is 1. The average molecular weight is 278 g/mol. The number of hydrazone groups is 1. The molecule has 2 rings (SSSR count). The van der Waals surface area contributed by atoms with Crippen molar-refractivity contribution >= 4 is 16.2 Å². The van der Waals surface area contributed by atoms with Crippen molar-refractivity contribution in [1.82, 2.24) is 4.83 Å². The molecule has 19 heavy (non-hydrogen) atoms. The van der Waals surface area contributed by atoms with Gasteiger partial charge in [-0.05, 0) is 50.8 Å². The van der Waals surface area contributed by atoms with E-state index >= 15 is 0 Å². The lowest BCUT2D eigenvalue weighted by atomic mass is 10.2. The van der Waals surface area contributed by atoms with E-state index in [-0.39, 0.29) is 4.90 Å². The van der Waals surface area contributed by atoms with Gasteiger partial charge in [-0.1, -0.05) is 23.3 Å². The molecule has 0 saturated heterocycles. The van der Waals surface area contributed by atoms with Crippen LogP contribution in [0.2, 0.25) is 0 Å². The molecule has 1 aliphatic rings. The van der Waals surface area contributed by atoms with Gasteiger partial charge >= 0.3 is 0 Å². The highest BCUT2D eigenvalue weighted by atomic mass is 32.2. The van der Waals surface area contributed by atoms with Gasteiger partial charge in [0.25, 0.3) is 10.0 Å². The van der Waals surface area contributed by atoms with Crippen LogP contribution in [0.15, 0.2) is 45.9 Å². The summed E-state index contributed by atoms with van der Waals surface area (Å²) in [7, 11) is -3.55. The van der Waals surface area contributed by atoms with Crippen molar-refractivity contribution in [1.29, 1.82) is 0 Å². The second-order valence-electron chi connectivity index (χ2n) is 4.72. The van der Waals surface area contributed by atoms with Crippen molar-refractivity contribution in [3.63, 3.8) is 0 Å². The first-order valence-corrected chi connectivity index (χ1v) is 7.86. The number of hydrogen-bond donors (Lipinski definition) is 1. The first-order valence-electron chi connectivity index (χ1n) is 6.37. The summed E-state index contributed by atoms with van der Waals surface area (Å²) >= 11 is 0. The fourth-order valence-electron chi connectivity index (χ4n) is 2.01. The molecule has 0 radical (unpaired) electrons. The summed E-state index contributed by atoms with van der Waals surface area (Å²) in [4.78, 5) is 2.44. The molecular formula is C14H18N2O2S. The zero-order chi connectivity index (χ0) is 13.7. The third-order valence-electron chi connectivity index (χ3n) is 3.13. The van der Waals surface area contributed by atoms with Crippen LogP contribution >= 0.6 is 0 Å². The van der Waals surface area contributed by atoms with Crippen LogP contribution in [0.1, 0.15) is 31.2 Å². The molecule has 1 N–H and O–H groups in total. The Morgan fingerprint density at radius 1 is 1.16 bits per heavy atom. The van der Waals surface area contributed by atoms with E-state index in [2.05, 4.69) is 9.93 Å². The van der Waals surface area contributed by atoms with Gasteiger partial charge < -0.3 is 0 Å². The summed E-state index contributed by atoms with van der Waals surface area (Å²) in [5.74, 6) is 0. The SMILES string of the molecule is Cc1ccc(S(=O)(=O)N/N=C/C=C2CCCC2)cc1. The molecule has 1 aromatic carbocycles. The fraction of sp³-hybridized carbons (Fsp3) is 0.357. The molecule has 0 aliphatic heterocycles. The first kappa shape index (κ1) is 13.8. The number of sulfonamides is 1. The largest absolute Gasteiger partial charge is 0.276 e. The van der Waals surface area contributed by atoms with Crippen LogP contribution in [-0.2, 0) is 10.0 Å². The van der Waals surface area contributed by atoms with E-state index in [4.69, 9.17) is 0 Å². The van der Waals surface area contributed by atoms with Crippen molar-refractivity contribution in [3.8, 4) is 0 Å². The van der Waals surface area contributed by atoms with Gasteiger partial charge in [-0.2, -0.15) is 13.5 Å². The predicted octanol–water partition coefficient (Wildman–Crippen LogP) is 2.76. The maximum Gasteiger partial charge on any atom is 0.276 e. The number of allylic oxidation sites excluding steroid dienone is 2. The summed E-state index contributed by atoms with van der Waals surface area (Å²) in [5.41, 5.74) is 2.35. The summed E-state index contributed by atoms with van der Waals surface area (Å²) in [6.45, 7) is 1.91. The minimum atomic E-state index is -3.55. The maximum absolute atomic E-state index is 11.9. The van der Waals surface area contributed by atoms with E-state index in [0.717, 1.165) is 18.4 Å². The smallest absolute Gasteiger partial charge is 0.200 e. The molecule has 1 saturated carbocycles. The van der Waals surface area contributed by atoms with Crippen molar-refractivity contribution in [2.45, 2.75) is 37.5 Å². The van der Waals surface area contributed by atoms with Crippen molar-refractivity contribution in [3.05, 3.63) is 41.5 Å². The molecular weight excluding hydrogens is 260 g/mol. The molecule has 0 amide bonds. The van der Waals surface area contributed by atoms with E-state index < -0.39 is 10.0 Å². The highest BCUT2D eigenvalue weighted by Crippen LogP contribution is 2.22. The monoisotopic (exact) mass is 278 g/mol. The second-order valence-corrected chi connectivity index (χ2v) is 6.38. The highest BCUT2D eigenvalue weighted by Gasteiger charge is 2.11. The normalized spacial score (nSPS) is 15.9. The van der Waals surface area contributed by atoms with Gasteiger partial charge in [-0.25, -0.2) is 4.83 Å². The van der Waals surface area contributed by atoms with E-state index in [0.29, 0.717) is 0 Å². The van der Waals surface area contributed by atoms with Crippen LogP contribution in [0.3, 0.4) is 0 Å². The van der Waals surface area contributed by atoms with Crippen LogP contribution in [0.5, 0.6) is 0 Å². The molecule has 0 aromatic heterocycles. The van der Waals surface area contributed by atoms with E-state index in [9.17, 15) is 8.42 Å². The minimum absolute atomic E-state index is 0.226. The average Bonchev–Trinajstić information content (AvgIpc) is 2.88. The molecule has 1 fully saturated rings. The van der Waals surface area contributed by atoms with Gasteiger partial charge in [0.2, 0.25) is 0 Å². The van der Waals surface area contributed by atoms with E-state index in [1.807, 2.05) is 13.0 Å². The van der Waals surface area contributed by atoms with Gasteiger partial charge in [-0.15, -0.1) is 0 Å². The molecule has 1 aliphatic carbocycles. The quantitative estimate of drug-likeness (QED) is 0.680. The third kappa shape index (κ3) is 3.92. The predicted molar refractivity (Wildman–Crippen MR) is 76.5 cm³/mol. The van der Waals surface area contributed by atoms with Crippen LogP contribution in [0.4, 0.5) is 0 Å².